The van der Waals surface area contributed by atoms with Crippen LogP contribution in [0.25, 0.3) is 0 Å². The van der Waals surface area contributed by atoms with Gasteiger partial charge in [0.15, 0.2) is 5.78 Å². The van der Waals surface area contributed by atoms with Crippen molar-refractivity contribution in [3.05, 3.63) is 48.6 Å². The number of carbonyl (C=O) groups excluding carboxylic acids is 14. The number of amides is 8. The number of rotatable bonds is 29. The SMILES string of the molecule is CC(C)(C)OC(=O)CC[C@H](N)C(=O)OC(C)(C)C.CC(C)(C)OC(=O)CC[C@H](NC(=O)[C@@H]1C=CCN1C(=O)CNC(=O)OC(C)(C)C)C(=O)OC(C)(C)C.CC(C)(C)OC(=O)NCC(=O)N1CC=C[C@H]1C(=O)O.CC(C)(C)OOC=NCC(=O)ON1C(=O)CCC1=O.Cl.NCC(=O)C1CC=C[C@H]1C(=O)N[C@H](CCC(=O)O)C(=O)O.O=C(O)[C@@H]1C=CCN1. The minimum absolute atomic E-state index is 0. The van der Waals surface area contributed by atoms with Gasteiger partial charge in [-0.2, -0.15) is 4.89 Å². The van der Waals surface area contributed by atoms with Crippen molar-refractivity contribution >= 4 is 126 Å². The number of hydroxylamine groups is 2. The van der Waals surface area contributed by atoms with Crippen LogP contribution in [0.4, 0.5) is 9.59 Å². The summed E-state index contributed by atoms with van der Waals surface area (Å²) < 4.78 is 31.0. The van der Waals surface area contributed by atoms with E-state index in [0.717, 1.165) is 6.40 Å². The number of allylic oxidation sites excluding steroid dienone is 1. The Kier molecular flexibility index (Phi) is 48.5. The minimum atomic E-state index is -1.31. The van der Waals surface area contributed by atoms with Crippen LogP contribution >= 0.6 is 12.4 Å². The van der Waals surface area contributed by atoms with Gasteiger partial charge in [-0.05, 0) is 171 Å². The highest BCUT2D eigenvalue weighted by molar-refractivity contribution is 6.02. The number of nitrogens with zero attached hydrogens (tertiary/aromatic N) is 4. The second kappa shape index (κ2) is 52.4. The smallest absolute Gasteiger partial charge is 0.408 e. The van der Waals surface area contributed by atoms with Crippen LogP contribution in [0.5, 0.6) is 0 Å². The maximum Gasteiger partial charge on any atom is 0.408 e. The van der Waals surface area contributed by atoms with Crippen molar-refractivity contribution in [3.63, 3.8) is 0 Å². The average molecular weight is 1760 g/mol. The summed E-state index contributed by atoms with van der Waals surface area (Å²) in [6, 6.07) is -5.63. The third-order valence-corrected chi connectivity index (χ3v) is 14.7. The van der Waals surface area contributed by atoms with Crippen LogP contribution < -0.4 is 38.1 Å². The van der Waals surface area contributed by atoms with Crippen molar-refractivity contribution in [2.45, 2.75) is 279 Å². The number of ketones is 1. The zero-order valence-electron chi connectivity index (χ0n) is 73.3. The summed E-state index contributed by atoms with van der Waals surface area (Å²) in [5, 5.41) is 47.5. The summed E-state index contributed by atoms with van der Waals surface area (Å²) in [6.07, 6.45) is 12.4. The number of nitrogens with two attached hydrogens (primary N) is 2. The maximum atomic E-state index is 13.0. The Balaban J connectivity index is 0. The first-order valence-corrected chi connectivity index (χ1v) is 38.6. The molecule has 1 saturated heterocycles. The number of imide groups is 1. The number of carboxylic acid groups (broad SMARTS) is 4. The van der Waals surface area contributed by atoms with Crippen molar-refractivity contribution in [2.75, 3.05) is 45.8 Å². The van der Waals surface area contributed by atoms with Gasteiger partial charge in [-0.3, -0.25) is 62.9 Å². The number of nitrogens with one attached hydrogen (secondary N) is 5. The lowest BCUT2D eigenvalue weighted by Gasteiger charge is -2.28. The Bertz CT molecular complexity index is 3740. The lowest BCUT2D eigenvalue weighted by atomic mass is 9.90. The van der Waals surface area contributed by atoms with Gasteiger partial charge in [0.2, 0.25) is 30.0 Å². The quantitative estimate of drug-likeness (QED) is 0.00739. The number of alkyl carbamates (subject to hydrolysis) is 2. The molecule has 4 heterocycles. The lowest BCUT2D eigenvalue weighted by molar-refractivity contribution is -0.283. The van der Waals surface area contributed by atoms with Gasteiger partial charge in [0.25, 0.3) is 11.8 Å². The molecule has 43 heteroatoms. The summed E-state index contributed by atoms with van der Waals surface area (Å²) in [6.45, 7) is 36.3. The van der Waals surface area contributed by atoms with Gasteiger partial charge in [-0.1, -0.05) is 48.6 Å². The summed E-state index contributed by atoms with van der Waals surface area (Å²) in [7, 11) is 0. The van der Waals surface area contributed by atoms with E-state index < -0.39 is 183 Å². The number of hydrogen-bond donors (Lipinski definition) is 11. The first-order chi connectivity index (χ1) is 55.3. The fourth-order valence-electron chi connectivity index (χ4n) is 9.75. The fraction of sp³-hybridized carbons (Fsp3) is 0.658. The summed E-state index contributed by atoms with van der Waals surface area (Å²) in [5.41, 5.74) is 6.47. The molecule has 4 aliphatic heterocycles. The lowest BCUT2D eigenvalue weighted by Crippen LogP contribution is -2.53. The van der Waals surface area contributed by atoms with E-state index in [1.807, 2.05) is 0 Å². The molecule has 690 valence electrons. The molecule has 1 unspecified atom stereocenters. The third-order valence-electron chi connectivity index (χ3n) is 14.7. The second-order valence-electron chi connectivity index (χ2n) is 34.1. The van der Waals surface area contributed by atoms with Crippen molar-refractivity contribution in [2.24, 2.45) is 28.3 Å². The zero-order chi connectivity index (χ0) is 93.5. The molecule has 8 amide bonds. The molecule has 0 saturated carbocycles. The highest BCUT2D eigenvalue weighted by Gasteiger charge is 2.39. The normalized spacial score (nSPS) is 17.8. The van der Waals surface area contributed by atoms with Crippen molar-refractivity contribution < 1.29 is 150 Å². The predicted molar refractivity (Wildman–Crippen MR) is 437 cm³/mol. The van der Waals surface area contributed by atoms with Crippen LogP contribution in [0.15, 0.2) is 53.6 Å². The van der Waals surface area contributed by atoms with Gasteiger partial charge in [0, 0.05) is 57.7 Å². The number of hydrogen-bond acceptors (Lipinski definition) is 31. The van der Waals surface area contributed by atoms with Crippen LogP contribution in [0.3, 0.4) is 0 Å². The van der Waals surface area contributed by atoms with E-state index in [4.69, 9.17) is 65.2 Å². The summed E-state index contributed by atoms with van der Waals surface area (Å²) in [5.74, 6) is -12.1. The molecule has 5 rings (SSSR count). The Morgan fingerprint density at radius 2 is 0.967 bits per heavy atom. The molecule has 1 fully saturated rings. The van der Waals surface area contributed by atoms with Gasteiger partial charge >= 0.3 is 65.9 Å². The number of carboxylic acids is 4. The third kappa shape index (κ3) is 51.6. The summed E-state index contributed by atoms with van der Waals surface area (Å²) in [4.78, 5) is 228. The van der Waals surface area contributed by atoms with E-state index in [1.165, 1.54) is 22.0 Å². The number of esters is 4. The van der Waals surface area contributed by atoms with Gasteiger partial charge in [-0.25, -0.2) is 33.8 Å². The number of halogens is 1. The molecule has 0 aromatic heterocycles. The molecule has 0 radical (unpaired) electrons. The molecule has 122 heavy (non-hydrogen) atoms. The van der Waals surface area contributed by atoms with E-state index in [1.54, 1.807) is 182 Å². The van der Waals surface area contributed by atoms with Crippen LogP contribution in [-0.2, 0) is 120 Å². The number of Topliss-reactive ketones (excluding diaryl/α,β-unsaturated/α-hetero) is 1. The Morgan fingerprint density at radius 1 is 0.525 bits per heavy atom. The predicted octanol–water partition coefficient (Wildman–Crippen LogP) is 3.90. The monoisotopic (exact) mass is 1760 g/mol. The molecule has 0 bridgehead atoms. The fourth-order valence-corrected chi connectivity index (χ4v) is 9.75. The van der Waals surface area contributed by atoms with E-state index in [0.29, 0.717) is 18.0 Å². The van der Waals surface area contributed by atoms with Crippen molar-refractivity contribution in [1.29, 1.82) is 0 Å². The van der Waals surface area contributed by atoms with Crippen molar-refractivity contribution in [1.82, 2.24) is 41.4 Å². The van der Waals surface area contributed by atoms with E-state index >= 15 is 0 Å². The molecule has 1 aliphatic carbocycles. The Labute approximate surface area is 715 Å². The molecular weight excluding hydrogens is 1630 g/mol. The topological polar surface area (TPSA) is 606 Å². The molecule has 8 atom stereocenters. The molecule has 0 spiro atoms. The number of ether oxygens (including phenoxy) is 6. The highest BCUT2D eigenvalue weighted by atomic mass is 35.5. The second-order valence-corrected chi connectivity index (χ2v) is 34.1. The summed E-state index contributed by atoms with van der Waals surface area (Å²) >= 11 is 0. The van der Waals surface area contributed by atoms with Crippen molar-refractivity contribution in [3.8, 4) is 0 Å². The van der Waals surface area contributed by atoms with E-state index in [9.17, 15) is 86.3 Å². The standard InChI is InChI=1S/C25H41N3O8.C13H18N2O6.C13H25NO4.C12H18N2O5.C11H16N2O6.C5H7NO2.ClH/c1-23(2,3)34-19(30)13-12-16(21(32)35-24(4,5)6)27-20(31)17-11-10-14-28(17)18(29)15-26-22(33)36-25(7,8)9;14-6-10(16)7-2-1-3-8(7)12(19)15-9(13(20)21)4-5-11(17)18;1-12(2,3)17-10(15)8-7-9(14)11(16)18-13(4,5)6;1-12(2,3)19-11(18)13-7-9(15)14-6-4-5-8(14)10(16)17;1-11(2,3)19-17-7-12-6-10(16)18-13-8(14)4-5-9(13)15;7-5(8)4-2-1-3-6-4;/h10-11,16-17H,12-15H2,1-9H3,(H,26,33)(H,27,31);1,3,7-9H,2,4-6,14H2,(H,15,19)(H,17,18)(H,20,21);9H,7-8,14H2,1-6H3;4-5,8H,6-7H2,1-3H3,(H,13,18)(H,16,17);7H,4-6H2,1-3H3;1-2,4,6H,3H2,(H,7,8);1H/t16-,17-;7?,8-,9-;9-;8-;;4-;/m0100.0./s1. The zero-order valence-corrected chi connectivity index (χ0v) is 74.1. The van der Waals surface area contributed by atoms with Crippen LogP contribution in [0.1, 0.15) is 203 Å². The highest BCUT2D eigenvalue weighted by Crippen LogP contribution is 2.27. The van der Waals surface area contributed by atoms with Crippen LogP contribution in [-0.4, -0.2) is 270 Å². The van der Waals surface area contributed by atoms with E-state index in [-0.39, 0.29) is 115 Å². The number of aliphatic carboxylic acids is 4. The van der Waals surface area contributed by atoms with Gasteiger partial charge < -0.3 is 101 Å². The van der Waals surface area contributed by atoms with Gasteiger partial charge in [0.1, 0.15) is 95.1 Å². The first kappa shape index (κ1) is 113. The maximum absolute atomic E-state index is 13.0. The average Bonchev–Trinajstić information content (AvgIpc) is 1.68. The van der Waals surface area contributed by atoms with Crippen LogP contribution in [0, 0.1) is 11.8 Å². The Morgan fingerprint density at radius 3 is 1.38 bits per heavy atom. The minimum Gasteiger partial charge on any atom is -0.481 e. The molecular formula is C79H126ClN11O31. The first-order valence-electron chi connectivity index (χ1n) is 38.6. The van der Waals surface area contributed by atoms with Gasteiger partial charge in [-0.15, -0.1) is 17.5 Å². The molecule has 13 N–H and O–H groups in total. The van der Waals surface area contributed by atoms with E-state index in [2.05, 4.69) is 41.3 Å². The largest absolute Gasteiger partial charge is 0.481 e. The van der Waals surface area contributed by atoms with Gasteiger partial charge in [0.05, 0.1) is 12.5 Å². The van der Waals surface area contributed by atoms with Crippen LogP contribution in [0.2, 0.25) is 0 Å². The number of aliphatic imine (C=N–C) groups is 1. The Hall–Kier alpha value is -11.0. The number of carbonyl (C=O) groups is 18. The molecule has 0 aromatic carbocycles. The molecule has 0 aromatic rings. The molecule has 42 nitrogen and oxygen atoms in total. The molecule has 5 aliphatic rings.